The molecule has 1 saturated carbocycles. The summed E-state index contributed by atoms with van der Waals surface area (Å²) in [7, 11) is 0. The average Bonchev–Trinajstić information content (AvgIpc) is 1.79. The predicted octanol–water partition coefficient (Wildman–Crippen LogP) is 0.944. The van der Waals surface area contributed by atoms with Crippen molar-refractivity contribution in [3.05, 3.63) is 0 Å². The maximum atomic E-state index is 12.3. The third-order valence-electron chi connectivity index (χ3n) is 1.45. The van der Waals surface area contributed by atoms with Crippen LogP contribution in [0.2, 0.25) is 0 Å². The lowest BCUT2D eigenvalue weighted by molar-refractivity contribution is -0.146. The molecular formula is C6H6F2O2. The highest BCUT2D eigenvalue weighted by Gasteiger charge is 2.39. The number of hydrogen-bond acceptors (Lipinski definition) is 2. The number of carbonyl (C=O) groups is 2. The zero-order valence-electron chi connectivity index (χ0n) is 5.19. The molecule has 0 atom stereocenters. The largest absolute Gasteiger partial charge is 0.291 e. The van der Waals surface area contributed by atoms with Gasteiger partial charge < -0.3 is 0 Å². The summed E-state index contributed by atoms with van der Waals surface area (Å²) in [5.74, 6) is -4.53. The number of alkyl halides is 2. The van der Waals surface area contributed by atoms with Gasteiger partial charge in [0.25, 0.3) is 5.92 Å². The van der Waals surface area contributed by atoms with Crippen LogP contribution < -0.4 is 0 Å². The van der Waals surface area contributed by atoms with E-state index in [9.17, 15) is 18.4 Å². The minimum Gasteiger partial charge on any atom is -0.291 e. The number of carbonyl (C=O) groups excluding carboxylic acids is 2. The molecule has 2 nitrogen and oxygen atoms in total. The van der Waals surface area contributed by atoms with Crippen molar-refractivity contribution in [1.29, 1.82) is 0 Å². The summed E-state index contributed by atoms with van der Waals surface area (Å²) < 4.78 is 24.5. The van der Waals surface area contributed by atoms with Crippen LogP contribution in [0.25, 0.3) is 0 Å². The Morgan fingerprint density at radius 3 is 2.20 bits per heavy atom. The van der Waals surface area contributed by atoms with Gasteiger partial charge in [0.2, 0.25) is 5.78 Å². The minimum atomic E-state index is -2.94. The Balaban J connectivity index is 2.66. The Labute approximate surface area is 56.2 Å². The second-order valence-corrected chi connectivity index (χ2v) is 2.38. The van der Waals surface area contributed by atoms with Crippen molar-refractivity contribution in [3.63, 3.8) is 0 Å². The fourth-order valence-corrected chi connectivity index (χ4v) is 0.858. The molecule has 0 aromatic rings. The van der Waals surface area contributed by atoms with Gasteiger partial charge in [0.05, 0.1) is 6.42 Å². The Morgan fingerprint density at radius 2 is 1.80 bits per heavy atom. The predicted molar refractivity (Wildman–Crippen MR) is 28.8 cm³/mol. The topological polar surface area (TPSA) is 34.1 Å². The number of Topliss-reactive ketones (excluding diaryl/α,β-unsaturated/α-hetero) is 2. The molecule has 0 bridgehead atoms. The molecule has 1 fully saturated rings. The van der Waals surface area contributed by atoms with E-state index in [0.717, 1.165) is 0 Å². The molecule has 56 valence electrons. The molecule has 1 aliphatic carbocycles. The molecule has 0 aliphatic heterocycles. The van der Waals surface area contributed by atoms with Gasteiger partial charge in [0.1, 0.15) is 0 Å². The van der Waals surface area contributed by atoms with Gasteiger partial charge in [0.15, 0.2) is 5.78 Å². The van der Waals surface area contributed by atoms with Gasteiger partial charge in [-0.15, -0.1) is 0 Å². The van der Waals surface area contributed by atoms with Crippen LogP contribution in [0, 0.1) is 0 Å². The molecule has 0 amide bonds. The molecule has 0 spiro atoms. The Hall–Kier alpha value is -0.800. The summed E-state index contributed by atoms with van der Waals surface area (Å²) in [4.78, 5) is 20.8. The third kappa shape index (κ3) is 1.37. The standard InChI is InChI=1S/C6H6F2O2/c7-6(8)2-1-4(9)5(10)3-6/h1-3H2. The van der Waals surface area contributed by atoms with E-state index in [4.69, 9.17) is 0 Å². The van der Waals surface area contributed by atoms with Crippen molar-refractivity contribution in [3.8, 4) is 0 Å². The van der Waals surface area contributed by atoms with E-state index in [2.05, 4.69) is 0 Å². The van der Waals surface area contributed by atoms with E-state index in [1.807, 2.05) is 0 Å². The molecular weight excluding hydrogens is 142 g/mol. The zero-order valence-corrected chi connectivity index (χ0v) is 5.19. The number of halogens is 2. The van der Waals surface area contributed by atoms with Gasteiger partial charge in [-0.2, -0.15) is 0 Å². The lowest BCUT2D eigenvalue weighted by Gasteiger charge is -2.18. The zero-order chi connectivity index (χ0) is 7.78. The molecule has 1 rings (SSSR count). The van der Waals surface area contributed by atoms with Gasteiger partial charge in [-0.3, -0.25) is 9.59 Å². The van der Waals surface area contributed by atoms with Gasteiger partial charge >= 0.3 is 0 Å². The molecule has 0 radical (unpaired) electrons. The lowest BCUT2D eigenvalue weighted by atomic mass is 9.95. The average molecular weight is 148 g/mol. The monoisotopic (exact) mass is 148 g/mol. The Bertz CT molecular complexity index is 186. The van der Waals surface area contributed by atoms with Crippen molar-refractivity contribution in [2.24, 2.45) is 0 Å². The highest BCUT2D eigenvalue weighted by atomic mass is 19.3. The Kier molecular flexibility index (Phi) is 1.54. The molecule has 0 N–H and O–H groups in total. The number of ketones is 2. The van der Waals surface area contributed by atoms with E-state index < -0.39 is 30.3 Å². The first-order valence-corrected chi connectivity index (χ1v) is 2.95. The van der Waals surface area contributed by atoms with Crippen molar-refractivity contribution in [1.82, 2.24) is 0 Å². The number of hydrogen-bond donors (Lipinski definition) is 0. The first-order valence-electron chi connectivity index (χ1n) is 2.95. The SMILES string of the molecule is O=C1CCC(F)(F)CC1=O. The van der Waals surface area contributed by atoms with Crippen LogP contribution in [-0.4, -0.2) is 17.5 Å². The van der Waals surface area contributed by atoms with Gasteiger partial charge in [-0.1, -0.05) is 0 Å². The van der Waals surface area contributed by atoms with Crippen LogP contribution in [0.1, 0.15) is 19.3 Å². The third-order valence-corrected chi connectivity index (χ3v) is 1.45. The lowest BCUT2D eigenvalue weighted by Crippen LogP contribution is -2.32. The highest BCUT2D eigenvalue weighted by molar-refractivity contribution is 6.37. The van der Waals surface area contributed by atoms with Crippen molar-refractivity contribution >= 4 is 11.6 Å². The van der Waals surface area contributed by atoms with Crippen molar-refractivity contribution in [2.75, 3.05) is 0 Å². The summed E-state index contributed by atoms with van der Waals surface area (Å²) in [6.45, 7) is 0. The first kappa shape index (κ1) is 7.31. The van der Waals surface area contributed by atoms with Crippen LogP contribution >= 0.6 is 0 Å². The highest BCUT2D eigenvalue weighted by Crippen LogP contribution is 2.29. The molecule has 1 aliphatic rings. The maximum absolute atomic E-state index is 12.3. The normalized spacial score (nSPS) is 25.0. The summed E-state index contributed by atoms with van der Waals surface area (Å²) in [5.41, 5.74) is 0. The summed E-state index contributed by atoms with van der Waals surface area (Å²) in [5, 5.41) is 0. The van der Waals surface area contributed by atoms with E-state index in [0.29, 0.717) is 0 Å². The van der Waals surface area contributed by atoms with Gasteiger partial charge in [-0.05, 0) is 0 Å². The smallest absolute Gasteiger partial charge is 0.255 e. The van der Waals surface area contributed by atoms with Crippen LogP contribution in [0.15, 0.2) is 0 Å². The molecule has 0 saturated heterocycles. The molecule has 0 aromatic carbocycles. The van der Waals surface area contributed by atoms with E-state index >= 15 is 0 Å². The second kappa shape index (κ2) is 2.11. The molecule has 4 heteroatoms. The van der Waals surface area contributed by atoms with Crippen LogP contribution in [0.3, 0.4) is 0 Å². The van der Waals surface area contributed by atoms with Gasteiger partial charge in [0, 0.05) is 12.8 Å². The summed E-state index contributed by atoms with van der Waals surface area (Å²) in [6.07, 6.45) is -1.67. The quantitative estimate of drug-likeness (QED) is 0.479. The maximum Gasteiger partial charge on any atom is 0.255 e. The summed E-state index contributed by atoms with van der Waals surface area (Å²) in [6, 6.07) is 0. The fraction of sp³-hybridized carbons (Fsp3) is 0.667. The Morgan fingerprint density at radius 1 is 1.20 bits per heavy atom. The fourth-order valence-electron chi connectivity index (χ4n) is 0.858. The van der Waals surface area contributed by atoms with Gasteiger partial charge in [-0.25, -0.2) is 8.78 Å². The van der Waals surface area contributed by atoms with Crippen molar-refractivity contribution in [2.45, 2.75) is 25.2 Å². The molecule has 0 heterocycles. The first-order chi connectivity index (χ1) is 4.51. The minimum absolute atomic E-state index is 0.300. The molecule has 10 heavy (non-hydrogen) atoms. The van der Waals surface area contributed by atoms with Crippen molar-refractivity contribution < 1.29 is 18.4 Å². The van der Waals surface area contributed by atoms with Crippen LogP contribution in [0.4, 0.5) is 8.78 Å². The van der Waals surface area contributed by atoms with E-state index in [1.165, 1.54) is 0 Å². The second-order valence-electron chi connectivity index (χ2n) is 2.38. The van der Waals surface area contributed by atoms with E-state index in [1.54, 1.807) is 0 Å². The number of rotatable bonds is 0. The summed E-state index contributed by atoms with van der Waals surface area (Å²) >= 11 is 0. The van der Waals surface area contributed by atoms with Crippen LogP contribution in [-0.2, 0) is 9.59 Å². The van der Waals surface area contributed by atoms with E-state index in [-0.39, 0.29) is 6.42 Å². The molecule has 0 unspecified atom stereocenters. The van der Waals surface area contributed by atoms with Crippen LogP contribution in [0.5, 0.6) is 0 Å². The molecule has 0 aromatic heterocycles.